The maximum absolute atomic E-state index is 13.2. The fourth-order valence-electron chi connectivity index (χ4n) is 3.83. The van der Waals surface area contributed by atoms with Crippen LogP contribution in [0.25, 0.3) is 16.6 Å². The van der Waals surface area contributed by atoms with E-state index in [2.05, 4.69) is 4.98 Å². The van der Waals surface area contributed by atoms with E-state index in [0.29, 0.717) is 53.3 Å². The summed E-state index contributed by atoms with van der Waals surface area (Å²) in [6.07, 6.45) is 1.51. The fraction of sp³-hybridized carbons (Fsp3) is 0.222. The van der Waals surface area contributed by atoms with Crippen LogP contribution in [0.2, 0.25) is 0 Å². The third-order valence-electron chi connectivity index (χ3n) is 5.63. The molecule has 0 fully saturated rings. The van der Waals surface area contributed by atoms with Gasteiger partial charge in [0.05, 0.1) is 30.3 Å². The smallest absolute Gasteiger partial charge is 0.265 e. The molecule has 1 aromatic heterocycles. The molecule has 0 aliphatic rings. The maximum atomic E-state index is 13.2. The predicted octanol–water partition coefficient (Wildman–Crippen LogP) is 4.46. The lowest BCUT2D eigenvalue weighted by atomic mass is 10.1. The first-order valence-electron chi connectivity index (χ1n) is 11.2. The Labute approximate surface area is 198 Å². The molecule has 1 amide bonds. The predicted molar refractivity (Wildman–Crippen MR) is 132 cm³/mol. The first-order chi connectivity index (χ1) is 16.5. The van der Waals surface area contributed by atoms with Crippen LogP contribution in [0.4, 0.5) is 0 Å². The second kappa shape index (κ2) is 10.2. The van der Waals surface area contributed by atoms with E-state index >= 15 is 0 Å². The lowest BCUT2D eigenvalue weighted by molar-refractivity contribution is 0.0752. The molecule has 0 spiro atoms. The van der Waals surface area contributed by atoms with Crippen molar-refractivity contribution in [3.8, 4) is 17.2 Å². The van der Waals surface area contributed by atoms with Crippen LogP contribution in [0.5, 0.6) is 11.5 Å². The Hall–Kier alpha value is -4.13. The summed E-state index contributed by atoms with van der Waals surface area (Å²) in [5.41, 5.74) is 2.65. The van der Waals surface area contributed by atoms with Crippen LogP contribution < -0.4 is 15.0 Å². The number of amides is 1. The number of rotatable bonds is 8. The minimum absolute atomic E-state index is 0.0918. The number of aromatic nitrogens is 2. The van der Waals surface area contributed by atoms with Gasteiger partial charge >= 0.3 is 0 Å². The fourth-order valence-corrected chi connectivity index (χ4v) is 3.83. The van der Waals surface area contributed by atoms with E-state index in [-0.39, 0.29) is 11.5 Å². The zero-order valence-electron chi connectivity index (χ0n) is 19.5. The van der Waals surface area contributed by atoms with E-state index in [1.165, 1.54) is 10.9 Å². The largest absolute Gasteiger partial charge is 0.493 e. The second-order valence-electron chi connectivity index (χ2n) is 7.72. The third-order valence-corrected chi connectivity index (χ3v) is 5.63. The van der Waals surface area contributed by atoms with E-state index in [9.17, 15) is 9.59 Å². The van der Waals surface area contributed by atoms with Crippen LogP contribution in [-0.4, -0.2) is 40.6 Å². The molecule has 0 radical (unpaired) electrons. The quantitative estimate of drug-likeness (QED) is 0.391. The van der Waals surface area contributed by atoms with E-state index in [1.54, 1.807) is 42.3 Å². The minimum Gasteiger partial charge on any atom is -0.493 e. The van der Waals surface area contributed by atoms with Gasteiger partial charge in [0.25, 0.3) is 11.5 Å². The molecule has 174 valence electrons. The summed E-state index contributed by atoms with van der Waals surface area (Å²) >= 11 is 0. The van der Waals surface area contributed by atoms with Gasteiger partial charge in [0, 0.05) is 18.7 Å². The lowest BCUT2D eigenvalue weighted by Gasteiger charge is -2.22. The van der Waals surface area contributed by atoms with Gasteiger partial charge in [-0.3, -0.25) is 14.2 Å². The van der Waals surface area contributed by atoms with Crippen molar-refractivity contribution in [3.63, 3.8) is 0 Å². The number of carbonyl (C=O) groups is 1. The highest BCUT2D eigenvalue weighted by atomic mass is 16.5. The summed E-state index contributed by atoms with van der Waals surface area (Å²) in [4.78, 5) is 32.2. The van der Waals surface area contributed by atoms with Crippen molar-refractivity contribution in [1.82, 2.24) is 14.5 Å². The number of hydrogen-bond donors (Lipinski definition) is 0. The highest BCUT2D eigenvalue weighted by Gasteiger charge is 2.16. The summed E-state index contributed by atoms with van der Waals surface area (Å²) < 4.78 is 12.5. The number of para-hydroxylation sites is 1. The van der Waals surface area contributed by atoms with Gasteiger partial charge in [-0.15, -0.1) is 0 Å². The number of benzene rings is 3. The summed E-state index contributed by atoms with van der Waals surface area (Å²) in [6.45, 7) is 5.39. The van der Waals surface area contributed by atoms with Gasteiger partial charge < -0.3 is 14.4 Å². The number of methoxy groups -OCH3 is 1. The SMILES string of the molecule is CCOc1ccc(CN(CC)C(=O)c2ccc(-n3cnc4ccccc4c3=O)cc2)cc1OC. The molecule has 0 saturated carbocycles. The average molecular weight is 458 g/mol. The van der Waals surface area contributed by atoms with Crippen molar-refractivity contribution in [1.29, 1.82) is 0 Å². The first kappa shape index (κ1) is 23.0. The molecule has 0 saturated heterocycles. The molecule has 0 aliphatic carbocycles. The van der Waals surface area contributed by atoms with Crippen LogP contribution in [0, 0.1) is 0 Å². The number of carbonyl (C=O) groups excluding carboxylic acids is 1. The Bertz CT molecular complexity index is 1360. The normalized spacial score (nSPS) is 10.8. The van der Waals surface area contributed by atoms with E-state index in [1.807, 2.05) is 50.2 Å². The molecule has 34 heavy (non-hydrogen) atoms. The van der Waals surface area contributed by atoms with Crippen LogP contribution in [0.1, 0.15) is 29.8 Å². The van der Waals surface area contributed by atoms with Crippen molar-refractivity contribution in [2.24, 2.45) is 0 Å². The molecular formula is C27H27N3O4. The number of fused-ring (bicyclic) bond motifs is 1. The third kappa shape index (κ3) is 4.64. The van der Waals surface area contributed by atoms with Crippen LogP contribution >= 0.6 is 0 Å². The van der Waals surface area contributed by atoms with Crippen LogP contribution in [-0.2, 0) is 6.54 Å². The van der Waals surface area contributed by atoms with Crippen molar-refractivity contribution in [2.75, 3.05) is 20.3 Å². The molecule has 7 heteroatoms. The highest BCUT2D eigenvalue weighted by molar-refractivity contribution is 5.94. The molecule has 7 nitrogen and oxygen atoms in total. The molecule has 0 aliphatic heterocycles. The van der Waals surface area contributed by atoms with Gasteiger partial charge in [-0.2, -0.15) is 0 Å². The van der Waals surface area contributed by atoms with Gasteiger partial charge in [0.15, 0.2) is 11.5 Å². The van der Waals surface area contributed by atoms with E-state index < -0.39 is 0 Å². The lowest BCUT2D eigenvalue weighted by Crippen LogP contribution is -2.30. The number of ether oxygens (including phenoxy) is 2. The molecule has 0 bridgehead atoms. The van der Waals surface area contributed by atoms with Crippen molar-refractivity contribution in [2.45, 2.75) is 20.4 Å². The highest BCUT2D eigenvalue weighted by Crippen LogP contribution is 2.28. The zero-order chi connectivity index (χ0) is 24.1. The van der Waals surface area contributed by atoms with E-state index in [0.717, 1.165) is 5.56 Å². The molecule has 0 unspecified atom stereocenters. The summed E-state index contributed by atoms with van der Waals surface area (Å²) in [5.74, 6) is 1.23. The zero-order valence-corrected chi connectivity index (χ0v) is 19.5. The number of nitrogens with zero attached hydrogens (tertiary/aromatic N) is 3. The van der Waals surface area contributed by atoms with Gasteiger partial charge in [0.2, 0.25) is 0 Å². The Morgan fingerprint density at radius 1 is 1.00 bits per heavy atom. The van der Waals surface area contributed by atoms with Gasteiger partial charge in [-0.05, 0) is 67.9 Å². The molecule has 0 atom stereocenters. The second-order valence-corrected chi connectivity index (χ2v) is 7.72. The van der Waals surface area contributed by atoms with Crippen LogP contribution in [0.15, 0.2) is 77.9 Å². The monoisotopic (exact) mass is 457 g/mol. The van der Waals surface area contributed by atoms with Gasteiger partial charge in [0.1, 0.15) is 6.33 Å². The van der Waals surface area contributed by atoms with Crippen molar-refractivity contribution < 1.29 is 14.3 Å². The van der Waals surface area contributed by atoms with Gasteiger partial charge in [-0.1, -0.05) is 18.2 Å². The van der Waals surface area contributed by atoms with E-state index in [4.69, 9.17) is 9.47 Å². The first-order valence-corrected chi connectivity index (χ1v) is 11.2. The van der Waals surface area contributed by atoms with Crippen molar-refractivity contribution in [3.05, 3.63) is 94.5 Å². The molecule has 0 N–H and O–H groups in total. The Morgan fingerprint density at radius 3 is 2.47 bits per heavy atom. The summed E-state index contributed by atoms with van der Waals surface area (Å²) in [6, 6.07) is 19.9. The Balaban J connectivity index is 1.55. The summed E-state index contributed by atoms with van der Waals surface area (Å²) in [7, 11) is 1.60. The standard InChI is InChI=1S/C27H27N3O4/c1-4-29(17-19-10-15-24(34-5-2)25(16-19)33-3)26(31)20-11-13-21(14-12-20)30-18-28-23-9-7-6-8-22(23)27(30)32/h6-16,18H,4-5,17H2,1-3H3. The topological polar surface area (TPSA) is 73.7 Å². The molecular weight excluding hydrogens is 430 g/mol. The summed E-state index contributed by atoms with van der Waals surface area (Å²) in [5, 5.41) is 0.549. The van der Waals surface area contributed by atoms with Crippen molar-refractivity contribution >= 4 is 16.8 Å². The molecule has 4 rings (SSSR count). The maximum Gasteiger partial charge on any atom is 0.265 e. The Kier molecular flexibility index (Phi) is 6.92. The average Bonchev–Trinajstić information content (AvgIpc) is 2.88. The van der Waals surface area contributed by atoms with Crippen LogP contribution in [0.3, 0.4) is 0 Å². The molecule has 3 aromatic carbocycles. The molecule has 4 aromatic rings. The number of hydrogen-bond acceptors (Lipinski definition) is 5. The van der Waals surface area contributed by atoms with Gasteiger partial charge in [-0.25, -0.2) is 4.98 Å². The molecule has 1 heterocycles. The minimum atomic E-state index is -0.149. The Morgan fingerprint density at radius 2 is 1.76 bits per heavy atom.